The Morgan fingerprint density at radius 3 is 2.71 bits per heavy atom. The molecule has 0 radical (unpaired) electrons. The van der Waals surface area contributed by atoms with Crippen molar-refractivity contribution in [3.63, 3.8) is 0 Å². The maximum Gasteiger partial charge on any atom is 0.388 e. The van der Waals surface area contributed by atoms with E-state index in [4.69, 9.17) is 9.47 Å². The molecular formula is C23H30N3O5+. The normalized spacial score (nSPS) is 29.6. The molecule has 1 aromatic carbocycles. The Bertz CT molecular complexity index is 895. The number of carbonyl (C=O) groups is 2. The van der Waals surface area contributed by atoms with Crippen LogP contribution < -0.4 is 9.73 Å². The molecule has 0 aromatic heterocycles. The quantitative estimate of drug-likeness (QED) is 0.721. The number of hydrogen-bond acceptors (Lipinski definition) is 5. The van der Waals surface area contributed by atoms with E-state index >= 15 is 0 Å². The molecule has 166 valence electrons. The third-order valence-corrected chi connectivity index (χ3v) is 6.98. The van der Waals surface area contributed by atoms with Crippen LogP contribution in [-0.4, -0.2) is 77.1 Å². The van der Waals surface area contributed by atoms with Gasteiger partial charge in [-0.25, -0.2) is 4.79 Å². The van der Waals surface area contributed by atoms with Gasteiger partial charge in [-0.2, -0.15) is 0 Å². The average Bonchev–Trinajstić information content (AvgIpc) is 3.10. The number of aliphatic hydroxyl groups excluding tert-OH is 1. The van der Waals surface area contributed by atoms with Gasteiger partial charge in [0, 0.05) is 31.2 Å². The van der Waals surface area contributed by atoms with Crippen LogP contribution in [0.25, 0.3) is 0 Å². The zero-order valence-electron chi connectivity index (χ0n) is 17.7. The van der Waals surface area contributed by atoms with Crippen LogP contribution in [0.3, 0.4) is 0 Å². The summed E-state index contributed by atoms with van der Waals surface area (Å²) in [4.78, 5) is 31.0. The largest absolute Gasteiger partial charge is 0.489 e. The van der Waals surface area contributed by atoms with Gasteiger partial charge in [-0.3, -0.25) is 9.69 Å². The Morgan fingerprint density at radius 1 is 1.10 bits per heavy atom. The molecule has 8 nitrogen and oxygen atoms in total. The second-order valence-corrected chi connectivity index (χ2v) is 8.90. The van der Waals surface area contributed by atoms with E-state index in [0.717, 1.165) is 50.5 Å². The predicted octanol–water partition coefficient (Wildman–Crippen LogP) is 0.391. The lowest BCUT2D eigenvalue weighted by Gasteiger charge is -2.41. The van der Waals surface area contributed by atoms with E-state index in [1.165, 1.54) is 12.8 Å². The molecule has 3 atom stereocenters. The van der Waals surface area contributed by atoms with E-state index in [1.807, 2.05) is 18.2 Å². The van der Waals surface area contributed by atoms with Crippen molar-refractivity contribution in [2.75, 3.05) is 26.3 Å². The third kappa shape index (κ3) is 4.06. The number of aliphatic hydroxyl groups is 1. The minimum absolute atomic E-state index is 0.113. The Kier molecular flexibility index (Phi) is 5.67. The summed E-state index contributed by atoms with van der Waals surface area (Å²) in [5, 5.41) is 10.2. The van der Waals surface area contributed by atoms with E-state index in [-0.39, 0.29) is 23.8 Å². The number of nitrogens with one attached hydrogen (secondary N) is 1. The van der Waals surface area contributed by atoms with Crippen molar-refractivity contribution in [2.45, 2.75) is 63.3 Å². The summed E-state index contributed by atoms with van der Waals surface area (Å²) in [5.41, 5.74) is 1.55. The Balaban J connectivity index is 1.31. The van der Waals surface area contributed by atoms with Gasteiger partial charge in [0.15, 0.2) is 6.04 Å². The van der Waals surface area contributed by atoms with Crippen LogP contribution >= 0.6 is 0 Å². The van der Waals surface area contributed by atoms with Gasteiger partial charge < -0.3 is 19.5 Å². The molecule has 1 unspecified atom stereocenters. The molecule has 1 saturated heterocycles. The fourth-order valence-electron chi connectivity index (χ4n) is 5.36. The summed E-state index contributed by atoms with van der Waals surface area (Å²) in [5.74, 6) is 0.335. The highest BCUT2D eigenvalue weighted by Crippen LogP contribution is 2.32. The SMILES string of the molecule is O=C1CCC(N2Cc3cc(O[C@@H]4CCCC[C@@H]4N4CCOCC4)ccc3C2=O)C(O)=[NH+]1. The highest BCUT2D eigenvalue weighted by atomic mass is 16.5. The van der Waals surface area contributed by atoms with Gasteiger partial charge in [-0.15, -0.1) is 4.99 Å². The first-order valence-corrected chi connectivity index (χ1v) is 11.4. The number of ether oxygens (including phenoxy) is 2. The highest BCUT2D eigenvalue weighted by Gasteiger charge is 2.41. The van der Waals surface area contributed by atoms with Crippen molar-refractivity contribution in [1.82, 2.24) is 9.80 Å². The summed E-state index contributed by atoms with van der Waals surface area (Å²) < 4.78 is 12.0. The number of fused-ring (bicyclic) bond motifs is 1. The molecule has 3 heterocycles. The van der Waals surface area contributed by atoms with Crippen molar-refractivity contribution in [2.24, 2.45) is 0 Å². The first-order valence-electron chi connectivity index (χ1n) is 11.4. The van der Waals surface area contributed by atoms with Crippen LogP contribution in [0.4, 0.5) is 0 Å². The lowest BCUT2D eigenvalue weighted by atomic mass is 9.91. The minimum atomic E-state index is -0.481. The topological polar surface area (TPSA) is 93.3 Å². The molecular weight excluding hydrogens is 398 g/mol. The molecule has 1 aromatic rings. The van der Waals surface area contributed by atoms with Gasteiger partial charge in [0.25, 0.3) is 5.91 Å². The maximum absolute atomic E-state index is 12.9. The maximum atomic E-state index is 12.9. The Labute approximate surface area is 181 Å². The molecule has 8 heteroatoms. The van der Waals surface area contributed by atoms with Crippen molar-refractivity contribution >= 4 is 17.7 Å². The molecule has 3 aliphatic heterocycles. The fraction of sp³-hybridized carbons (Fsp3) is 0.609. The average molecular weight is 429 g/mol. The van der Waals surface area contributed by atoms with Crippen LogP contribution in [0.2, 0.25) is 0 Å². The molecule has 1 aliphatic carbocycles. The van der Waals surface area contributed by atoms with Gasteiger partial charge in [-0.05, 0) is 49.4 Å². The molecule has 2 amide bonds. The van der Waals surface area contributed by atoms with E-state index < -0.39 is 6.04 Å². The number of benzene rings is 1. The van der Waals surface area contributed by atoms with Crippen LogP contribution in [0, 0.1) is 0 Å². The van der Waals surface area contributed by atoms with Crippen molar-refractivity contribution in [1.29, 1.82) is 0 Å². The predicted molar refractivity (Wildman–Crippen MR) is 112 cm³/mol. The van der Waals surface area contributed by atoms with Crippen LogP contribution in [0.1, 0.15) is 54.4 Å². The molecule has 0 spiro atoms. The lowest BCUT2D eigenvalue weighted by molar-refractivity contribution is -0.394. The summed E-state index contributed by atoms with van der Waals surface area (Å²) in [6.07, 6.45) is 5.46. The van der Waals surface area contributed by atoms with E-state index in [0.29, 0.717) is 31.0 Å². The molecule has 4 aliphatic rings. The van der Waals surface area contributed by atoms with Gasteiger partial charge in [-0.1, -0.05) is 6.42 Å². The Hall–Kier alpha value is -2.45. The molecule has 2 N–H and O–H groups in total. The summed E-state index contributed by atoms with van der Waals surface area (Å²) in [6.45, 7) is 3.89. The number of hydrogen-bond donors (Lipinski definition) is 2. The fourth-order valence-corrected chi connectivity index (χ4v) is 5.36. The van der Waals surface area contributed by atoms with Gasteiger partial charge in [0.05, 0.1) is 19.6 Å². The van der Waals surface area contributed by atoms with Crippen LogP contribution in [0.5, 0.6) is 5.75 Å². The first kappa shape index (κ1) is 20.5. The molecule has 5 rings (SSSR count). The van der Waals surface area contributed by atoms with Gasteiger partial charge in [0.2, 0.25) is 0 Å². The summed E-state index contributed by atoms with van der Waals surface area (Å²) >= 11 is 0. The van der Waals surface area contributed by atoms with Crippen molar-refractivity contribution < 1.29 is 29.2 Å². The second-order valence-electron chi connectivity index (χ2n) is 8.90. The number of morpholine rings is 1. The number of nitrogens with zero attached hydrogens (tertiary/aromatic N) is 2. The number of carbonyl (C=O) groups excluding carboxylic acids is 2. The van der Waals surface area contributed by atoms with E-state index in [2.05, 4.69) is 9.89 Å². The molecule has 2 fully saturated rings. The van der Waals surface area contributed by atoms with Gasteiger partial charge >= 0.3 is 11.8 Å². The van der Waals surface area contributed by atoms with Crippen molar-refractivity contribution in [3.05, 3.63) is 29.3 Å². The Morgan fingerprint density at radius 2 is 1.90 bits per heavy atom. The lowest BCUT2D eigenvalue weighted by Crippen LogP contribution is -2.82. The zero-order chi connectivity index (χ0) is 21.4. The monoisotopic (exact) mass is 428 g/mol. The van der Waals surface area contributed by atoms with E-state index in [9.17, 15) is 14.7 Å². The highest BCUT2D eigenvalue weighted by molar-refractivity contribution is 6.01. The summed E-state index contributed by atoms with van der Waals surface area (Å²) in [7, 11) is 0. The number of amides is 2. The molecule has 1 saturated carbocycles. The van der Waals surface area contributed by atoms with Crippen LogP contribution in [0.15, 0.2) is 18.2 Å². The summed E-state index contributed by atoms with van der Waals surface area (Å²) in [6, 6.07) is 5.61. The van der Waals surface area contributed by atoms with Crippen LogP contribution in [-0.2, 0) is 16.1 Å². The third-order valence-electron chi connectivity index (χ3n) is 6.98. The van der Waals surface area contributed by atoms with Gasteiger partial charge in [0.1, 0.15) is 11.9 Å². The van der Waals surface area contributed by atoms with Crippen molar-refractivity contribution in [3.8, 4) is 5.75 Å². The second kappa shape index (κ2) is 8.59. The standard InChI is InChI=1S/C23H29N3O5/c27-21-8-7-19(22(28)24-21)26-14-15-13-16(5-6-17(15)23(26)29)31-20-4-2-1-3-18(20)25-9-11-30-12-10-25/h5-6,13,18-20H,1-4,7-12,14H2,(H,24,27,28)/p+1/t18-,19?,20+/m0/s1. The first-order chi connectivity index (χ1) is 15.1. The zero-order valence-corrected chi connectivity index (χ0v) is 17.7. The molecule has 31 heavy (non-hydrogen) atoms. The number of rotatable bonds is 4. The van der Waals surface area contributed by atoms with E-state index in [1.54, 1.807) is 4.90 Å². The molecule has 0 bridgehead atoms. The minimum Gasteiger partial charge on any atom is -0.489 e. The smallest absolute Gasteiger partial charge is 0.388 e.